The second-order valence-corrected chi connectivity index (χ2v) is 7.04. The Hall–Kier alpha value is -1.99. The molecule has 0 amide bonds. The van der Waals surface area contributed by atoms with Crippen molar-refractivity contribution in [2.45, 2.75) is 26.3 Å². The lowest BCUT2D eigenvalue weighted by Gasteiger charge is -2.32. The maximum absolute atomic E-state index is 5.37. The number of guanidine groups is 1. The molecule has 1 saturated heterocycles. The van der Waals surface area contributed by atoms with Crippen LogP contribution in [-0.4, -0.2) is 71.5 Å². The maximum atomic E-state index is 5.37. The zero-order valence-electron chi connectivity index (χ0n) is 17.8. The number of aliphatic imine (C=N–C) groups is 1. The summed E-state index contributed by atoms with van der Waals surface area (Å²) in [7, 11) is 5.06. The van der Waals surface area contributed by atoms with Crippen molar-refractivity contribution in [2.75, 3.05) is 60.7 Å². The third-order valence-corrected chi connectivity index (χ3v) is 5.09. The van der Waals surface area contributed by atoms with Gasteiger partial charge in [-0.05, 0) is 56.5 Å². The van der Waals surface area contributed by atoms with Crippen LogP contribution in [0.25, 0.3) is 0 Å². The molecule has 158 valence electrons. The second-order valence-electron chi connectivity index (χ2n) is 7.04. The van der Waals surface area contributed by atoms with Gasteiger partial charge in [-0.1, -0.05) is 6.07 Å². The van der Waals surface area contributed by atoms with Crippen molar-refractivity contribution >= 4 is 5.96 Å². The van der Waals surface area contributed by atoms with E-state index in [0.29, 0.717) is 12.5 Å². The van der Waals surface area contributed by atoms with Crippen LogP contribution in [0.5, 0.6) is 11.5 Å². The fourth-order valence-corrected chi connectivity index (χ4v) is 3.37. The Kier molecular flexibility index (Phi) is 9.93. The first-order chi connectivity index (χ1) is 13.7. The highest BCUT2D eigenvalue weighted by Crippen LogP contribution is 2.27. The van der Waals surface area contributed by atoms with Crippen molar-refractivity contribution in [3.63, 3.8) is 0 Å². The van der Waals surface area contributed by atoms with E-state index in [2.05, 4.69) is 22.5 Å². The average Bonchev–Trinajstić information content (AvgIpc) is 2.74. The summed E-state index contributed by atoms with van der Waals surface area (Å²) in [6.45, 7) is 8.61. The van der Waals surface area contributed by atoms with Crippen LogP contribution in [0.15, 0.2) is 23.2 Å². The molecule has 0 aromatic heterocycles. The number of hydrogen-bond donors (Lipinski definition) is 2. The molecule has 0 unspecified atom stereocenters. The number of nitrogens with one attached hydrogen (secondary N) is 2. The first-order valence-electron chi connectivity index (χ1n) is 10.1. The molecule has 1 fully saturated rings. The van der Waals surface area contributed by atoms with E-state index in [1.165, 1.54) is 12.8 Å². The minimum atomic E-state index is 0.588. The van der Waals surface area contributed by atoms with Gasteiger partial charge >= 0.3 is 0 Å². The molecular weight excluding hydrogens is 356 g/mol. The van der Waals surface area contributed by atoms with Crippen LogP contribution in [0.2, 0.25) is 0 Å². The highest BCUT2D eigenvalue weighted by molar-refractivity contribution is 5.79. The van der Waals surface area contributed by atoms with Crippen LogP contribution in [0.4, 0.5) is 0 Å². The van der Waals surface area contributed by atoms with Crippen molar-refractivity contribution in [1.82, 2.24) is 15.5 Å². The fraction of sp³-hybridized carbons (Fsp3) is 0.667. The van der Waals surface area contributed by atoms with Crippen LogP contribution >= 0.6 is 0 Å². The van der Waals surface area contributed by atoms with Gasteiger partial charge in [0.15, 0.2) is 17.5 Å². The molecule has 0 aliphatic carbocycles. The van der Waals surface area contributed by atoms with Crippen LogP contribution < -0.4 is 20.1 Å². The van der Waals surface area contributed by atoms with E-state index in [1.54, 1.807) is 21.3 Å². The lowest BCUT2D eigenvalue weighted by Crippen LogP contribution is -2.43. The Labute approximate surface area is 169 Å². The van der Waals surface area contributed by atoms with Crippen molar-refractivity contribution in [2.24, 2.45) is 10.9 Å². The minimum Gasteiger partial charge on any atom is -0.493 e. The monoisotopic (exact) mass is 392 g/mol. The molecule has 1 aliphatic heterocycles. The molecule has 1 aromatic carbocycles. The summed E-state index contributed by atoms with van der Waals surface area (Å²) in [5.41, 5.74) is 1.08. The molecule has 28 heavy (non-hydrogen) atoms. The number of nitrogens with zero attached hydrogens (tertiary/aromatic N) is 2. The predicted octanol–water partition coefficient (Wildman–Crippen LogP) is 2.12. The Morgan fingerprint density at radius 1 is 1.11 bits per heavy atom. The third kappa shape index (κ3) is 7.20. The molecule has 1 aromatic rings. The molecule has 1 aliphatic rings. The summed E-state index contributed by atoms with van der Waals surface area (Å²) in [5.74, 6) is 3.01. The summed E-state index contributed by atoms with van der Waals surface area (Å²) in [6.07, 6.45) is 2.43. The standard InChI is InChI=1S/C21H36N4O3/c1-5-22-21(23-15-17-8-10-25(11-9-17)12-13-26-2)24-16-18-6-7-19(27-3)20(14-18)28-4/h6-7,14,17H,5,8-13,15-16H2,1-4H3,(H2,22,23,24). The van der Waals surface area contributed by atoms with Crippen LogP contribution in [0.1, 0.15) is 25.3 Å². The summed E-state index contributed by atoms with van der Waals surface area (Å²) in [4.78, 5) is 7.21. The molecule has 0 bridgehead atoms. The maximum Gasteiger partial charge on any atom is 0.191 e. The van der Waals surface area contributed by atoms with Gasteiger partial charge in [0.25, 0.3) is 0 Å². The number of piperidine rings is 1. The predicted molar refractivity (Wildman–Crippen MR) is 113 cm³/mol. The van der Waals surface area contributed by atoms with Crippen molar-refractivity contribution in [3.05, 3.63) is 23.8 Å². The van der Waals surface area contributed by atoms with Crippen LogP contribution in [-0.2, 0) is 11.3 Å². The summed E-state index contributed by atoms with van der Waals surface area (Å²) >= 11 is 0. The van der Waals surface area contributed by atoms with Gasteiger partial charge in [0.1, 0.15) is 0 Å². The second kappa shape index (κ2) is 12.5. The number of rotatable bonds is 10. The number of ether oxygens (including phenoxy) is 3. The van der Waals surface area contributed by atoms with Crippen molar-refractivity contribution in [1.29, 1.82) is 0 Å². The topological polar surface area (TPSA) is 67.4 Å². The molecule has 7 nitrogen and oxygen atoms in total. The molecular formula is C21H36N4O3. The number of methoxy groups -OCH3 is 3. The van der Waals surface area contributed by atoms with Gasteiger partial charge in [0.2, 0.25) is 0 Å². The molecule has 2 rings (SSSR count). The van der Waals surface area contributed by atoms with Gasteiger partial charge in [-0.3, -0.25) is 0 Å². The van der Waals surface area contributed by atoms with E-state index >= 15 is 0 Å². The van der Waals surface area contributed by atoms with Crippen LogP contribution in [0, 0.1) is 5.92 Å². The summed E-state index contributed by atoms with van der Waals surface area (Å²) in [6, 6.07) is 5.91. The van der Waals surface area contributed by atoms with Gasteiger partial charge in [-0.2, -0.15) is 0 Å². The summed E-state index contributed by atoms with van der Waals surface area (Å²) < 4.78 is 15.8. The Bertz CT molecular complexity index is 601. The normalized spacial score (nSPS) is 16.1. The number of likely N-dealkylation sites (tertiary alicyclic amines) is 1. The van der Waals surface area contributed by atoms with E-state index in [9.17, 15) is 0 Å². The van der Waals surface area contributed by atoms with Gasteiger partial charge in [-0.25, -0.2) is 4.99 Å². The molecule has 7 heteroatoms. The van der Waals surface area contributed by atoms with Gasteiger partial charge in [0, 0.05) is 26.7 Å². The van der Waals surface area contributed by atoms with E-state index in [0.717, 1.165) is 62.4 Å². The van der Waals surface area contributed by atoms with E-state index in [4.69, 9.17) is 19.2 Å². The summed E-state index contributed by atoms with van der Waals surface area (Å²) in [5, 5.41) is 6.85. The first-order valence-corrected chi connectivity index (χ1v) is 10.1. The van der Waals surface area contributed by atoms with Gasteiger partial charge in [-0.15, -0.1) is 0 Å². The zero-order chi connectivity index (χ0) is 20.2. The molecule has 0 radical (unpaired) electrons. The molecule has 1 heterocycles. The molecule has 2 N–H and O–H groups in total. The highest BCUT2D eigenvalue weighted by atomic mass is 16.5. The van der Waals surface area contributed by atoms with E-state index in [-0.39, 0.29) is 0 Å². The molecule has 0 atom stereocenters. The molecule has 0 saturated carbocycles. The van der Waals surface area contributed by atoms with Gasteiger partial charge < -0.3 is 29.7 Å². The van der Waals surface area contributed by atoms with Crippen molar-refractivity contribution < 1.29 is 14.2 Å². The Balaban J connectivity index is 1.84. The number of hydrogen-bond acceptors (Lipinski definition) is 5. The SMILES string of the molecule is CCNC(=NCc1ccc(OC)c(OC)c1)NCC1CCN(CCOC)CC1. The van der Waals surface area contributed by atoms with E-state index in [1.807, 2.05) is 18.2 Å². The zero-order valence-corrected chi connectivity index (χ0v) is 17.8. The fourth-order valence-electron chi connectivity index (χ4n) is 3.37. The quantitative estimate of drug-likeness (QED) is 0.470. The highest BCUT2D eigenvalue weighted by Gasteiger charge is 2.19. The van der Waals surface area contributed by atoms with Crippen molar-refractivity contribution in [3.8, 4) is 11.5 Å². The Morgan fingerprint density at radius 2 is 1.86 bits per heavy atom. The third-order valence-electron chi connectivity index (χ3n) is 5.09. The minimum absolute atomic E-state index is 0.588. The van der Waals surface area contributed by atoms with E-state index < -0.39 is 0 Å². The molecule has 0 spiro atoms. The average molecular weight is 393 g/mol. The lowest BCUT2D eigenvalue weighted by molar-refractivity contribution is 0.121. The van der Waals surface area contributed by atoms with Gasteiger partial charge in [0.05, 0.1) is 27.4 Å². The Morgan fingerprint density at radius 3 is 2.50 bits per heavy atom. The lowest BCUT2D eigenvalue weighted by atomic mass is 9.97. The van der Waals surface area contributed by atoms with Crippen LogP contribution in [0.3, 0.4) is 0 Å². The smallest absolute Gasteiger partial charge is 0.191 e. The largest absolute Gasteiger partial charge is 0.493 e. The first kappa shape index (κ1) is 22.3. The number of benzene rings is 1.